The molecule has 0 amide bonds. The molecule has 0 unspecified atom stereocenters. The molecular formula is C26H26F2N6. The van der Waals surface area contributed by atoms with Gasteiger partial charge in [-0.1, -0.05) is 6.42 Å². The maximum atomic E-state index is 14.9. The topological polar surface area (TPSA) is 81.1 Å². The van der Waals surface area contributed by atoms with Gasteiger partial charge in [-0.3, -0.25) is 4.98 Å². The van der Waals surface area contributed by atoms with Crippen LogP contribution in [0.5, 0.6) is 0 Å². The molecule has 0 radical (unpaired) electrons. The number of imidazole rings is 1. The van der Waals surface area contributed by atoms with Crippen LogP contribution in [0, 0.1) is 11.6 Å². The number of pyridine rings is 1. The van der Waals surface area contributed by atoms with E-state index in [9.17, 15) is 8.78 Å². The van der Waals surface area contributed by atoms with E-state index in [1.54, 1.807) is 35.2 Å². The van der Waals surface area contributed by atoms with Crippen LogP contribution >= 0.6 is 0 Å². The van der Waals surface area contributed by atoms with Crippen LogP contribution in [0.4, 0.5) is 20.4 Å². The first-order valence-electron chi connectivity index (χ1n) is 11.9. The molecule has 6 nitrogen and oxygen atoms in total. The number of nitrogens with one attached hydrogen (secondary N) is 1. The van der Waals surface area contributed by atoms with Gasteiger partial charge in [-0.05, 0) is 85.4 Å². The average molecular weight is 461 g/mol. The molecule has 0 bridgehead atoms. The van der Waals surface area contributed by atoms with Gasteiger partial charge in [0.25, 0.3) is 0 Å². The largest absolute Gasteiger partial charge is 0.328 e. The second-order valence-electron chi connectivity index (χ2n) is 9.48. The summed E-state index contributed by atoms with van der Waals surface area (Å²) in [4.78, 5) is 8.75. The van der Waals surface area contributed by atoms with Crippen LogP contribution in [-0.4, -0.2) is 25.6 Å². The van der Waals surface area contributed by atoms with Gasteiger partial charge < -0.3 is 11.1 Å². The predicted octanol–water partition coefficient (Wildman–Crippen LogP) is 5.68. The van der Waals surface area contributed by atoms with Crippen molar-refractivity contribution in [3.8, 4) is 11.3 Å². The van der Waals surface area contributed by atoms with Crippen molar-refractivity contribution in [3.63, 3.8) is 0 Å². The SMILES string of the molecule is N[C@H]1CCC[C@@H](c2ccncc2Nc2ncc3ccc(-c4c(F)cc(C5CC5)cc4F)nn23)C1. The zero-order valence-corrected chi connectivity index (χ0v) is 18.7. The average Bonchev–Trinajstić information content (AvgIpc) is 3.61. The van der Waals surface area contributed by atoms with E-state index in [4.69, 9.17) is 5.73 Å². The highest BCUT2D eigenvalue weighted by atomic mass is 19.1. The minimum absolute atomic E-state index is 0.121. The Balaban J connectivity index is 1.36. The lowest BCUT2D eigenvalue weighted by molar-refractivity contribution is 0.394. The van der Waals surface area contributed by atoms with E-state index in [2.05, 4.69) is 20.4 Å². The van der Waals surface area contributed by atoms with Crippen LogP contribution in [-0.2, 0) is 0 Å². The molecule has 2 atom stereocenters. The second kappa shape index (κ2) is 8.43. The second-order valence-corrected chi connectivity index (χ2v) is 9.48. The molecule has 8 heteroatoms. The van der Waals surface area contributed by atoms with Crippen LogP contribution in [0.25, 0.3) is 16.8 Å². The molecule has 3 aromatic heterocycles. The maximum Gasteiger partial charge on any atom is 0.229 e. The minimum atomic E-state index is -0.591. The van der Waals surface area contributed by atoms with Gasteiger partial charge in [-0.2, -0.15) is 9.61 Å². The minimum Gasteiger partial charge on any atom is -0.328 e. The maximum absolute atomic E-state index is 14.9. The summed E-state index contributed by atoms with van der Waals surface area (Å²) >= 11 is 0. The Morgan fingerprint density at radius 1 is 0.971 bits per heavy atom. The lowest BCUT2D eigenvalue weighted by Gasteiger charge is -2.28. The zero-order valence-electron chi connectivity index (χ0n) is 18.7. The quantitative estimate of drug-likeness (QED) is 0.401. The van der Waals surface area contributed by atoms with Crippen molar-refractivity contribution in [2.24, 2.45) is 5.73 Å². The molecule has 3 N–H and O–H groups in total. The van der Waals surface area contributed by atoms with Crippen LogP contribution in [0.15, 0.2) is 48.9 Å². The van der Waals surface area contributed by atoms with Crippen molar-refractivity contribution in [2.75, 3.05) is 5.32 Å². The van der Waals surface area contributed by atoms with Crippen LogP contribution < -0.4 is 11.1 Å². The lowest BCUT2D eigenvalue weighted by atomic mass is 9.81. The predicted molar refractivity (Wildman–Crippen MR) is 127 cm³/mol. The number of rotatable bonds is 5. The highest BCUT2D eigenvalue weighted by molar-refractivity contribution is 5.66. The number of nitrogens with two attached hydrogens (primary N) is 1. The number of aromatic nitrogens is 4. The number of hydrogen-bond acceptors (Lipinski definition) is 5. The summed E-state index contributed by atoms with van der Waals surface area (Å²) in [5.74, 6) is -0.109. The molecule has 34 heavy (non-hydrogen) atoms. The lowest BCUT2D eigenvalue weighted by Crippen LogP contribution is -2.27. The molecule has 6 rings (SSSR count). The Morgan fingerprint density at radius 2 is 1.79 bits per heavy atom. The van der Waals surface area contributed by atoms with Crippen LogP contribution in [0.2, 0.25) is 0 Å². The van der Waals surface area contributed by atoms with E-state index in [0.29, 0.717) is 17.4 Å². The molecular weight excluding hydrogens is 434 g/mol. The molecule has 2 aliphatic carbocycles. The van der Waals surface area contributed by atoms with Crippen LogP contribution in [0.3, 0.4) is 0 Å². The van der Waals surface area contributed by atoms with Crippen molar-refractivity contribution in [3.05, 3.63) is 71.7 Å². The molecule has 0 aliphatic heterocycles. The summed E-state index contributed by atoms with van der Waals surface area (Å²) in [6, 6.07) is 8.48. The number of benzene rings is 1. The van der Waals surface area contributed by atoms with Gasteiger partial charge >= 0.3 is 0 Å². The third kappa shape index (κ3) is 3.92. The van der Waals surface area contributed by atoms with E-state index < -0.39 is 11.6 Å². The van der Waals surface area contributed by atoms with Crippen molar-refractivity contribution < 1.29 is 8.78 Å². The van der Waals surface area contributed by atoms with Crippen molar-refractivity contribution in [1.29, 1.82) is 0 Å². The number of halogens is 2. The summed E-state index contributed by atoms with van der Waals surface area (Å²) in [5, 5.41) is 7.89. The van der Waals surface area contributed by atoms with Crippen molar-refractivity contribution >= 4 is 17.2 Å². The molecule has 2 saturated carbocycles. The molecule has 2 aliphatic rings. The fourth-order valence-electron chi connectivity index (χ4n) is 5.09. The number of fused-ring (bicyclic) bond motifs is 1. The summed E-state index contributed by atoms with van der Waals surface area (Å²) in [7, 11) is 0. The van der Waals surface area contributed by atoms with Gasteiger partial charge in [0.05, 0.1) is 34.9 Å². The van der Waals surface area contributed by atoms with Gasteiger partial charge in [0.1, 0.15) is 11.6 Å². The number of hydrogen-bond donors (Lipinski definition) is 2. The summed E-state index contributed by atoms with van der Waals surface area (Å²) < 4.78 is 31.4. The van der Waals surface area contributed by atoms with E-state index in [1.807, 2.05) is 6.07 Å². The Labute approximate surface area is 196 Å². The van der Waals surface area contributed by atoms with E-state index in [0.717, 1.165) is 55.3 Å². The number of nitrogens with zero attached hydrogens (tertiary/aromatic N) is 4. The van der Waals surface area contributed by atoms with Crippen LogP contribution in [0.1, 0.15) is 61.5 Å². The Bertz CT molecular complexity index is 1340. The molecule has 174 valence electrons. The van der Waals surface area contributed by atoms with E-state index in [1.165, 1.54) is 12.1 Å². The summed E-state index contributed by atoms with van der Waals surface area (Å²) in [5.41, 5.74) is 9.74. The van der Waals surface area contributed by atoms with Gasteiger partial charge in [0.2, 0.25) is 5.95 Å². The van der Waals surface area contributed by atoms with Crippen molar-refractivity contribution in [2.45, 2.75) is 56.4 Å². The van der Waals surface area contributed by atoms with Gasteiger partial charge in [0.15, 0.2) is 0 Å². The Morgan fingerprint density at radius 3 is 2.56 bits per heavy atom. The van der Waals surface area contributed by atoms with Crippen molar-refractivity contribution in [1.82, 2.24) is 19.6 Å². The number of anilines is 2. The first kappa shape index (κ1) is 21.2. The third-order valence-corrected chi connectivity index (χ3v) is 7.01. The van der Waals surface area contributed by atoms with E-state index >= 15 is 0 Å². The van der Waals surface area contributed by atoms with Gasteiger partial charge in [-0.15, -0.1) is 0 Å². The monoisotopic (exact) mass is 460 g/mol. The molecule has 0 saturated heterocycles. The highest BCUT2D eigenvalue weighted by Crippen LogP contribution is 2.42. The summed E-state index contributed by atoms with van der Waals surface area (Å²) in [6.07, 6.45) is 11.4. The normalized spacial score (nSPS) is 20.6. The van der Waals surface area contributed by atoms with Gasteiger partial charge in [0, 0.05) is 12.2 Å². The smallest absolute Gasteiger partial charge is 0.229 e. The Kier molecular flexibility index (Phi) is 5.25. The van der Waals surface area contributed by atoms with Gasteiger partial charge in [-0.25, -0.2) is 13.8 Å². The highest BCUT2D eigenvalue weighted by Gasteiger charge is 2.27. The molecule has 1 aromatic carbocycles. The fourth-order valence-corrected chi connectivity index (χ4v) is 5.09. The zero-order chi connectivity index (χ0) is 23.2. The molecule has 2 fully saturated rings. The Hall–Kier alpha value is -3.39. The fraction of sp³-hybridized carbons (Fsp3) is 0.346. The third-order valence-electron chi connectivity index (χ3n) is 7.01. The first-order valence-corrected chi connectivity index (χ1v) is 11.9. The summed E-state index contributed by atoms with van der Waals surface area (Å²) in [6.45, 7) is 0. The standard InChI is InChI=1S/C26H26F2N6/c27-21-11-17(15-4-5-15)12-22(28)25(21)23-7-6-19-13-31-26(34(19)33-23)32-24-14-30-9-8-20(24)16-2-1-3-18(29)10-16/h6-9,11-16,18H,1-5,10,29H2,(H,31,32)/t16-,18+/m1/s1. The molecule has 0 spiro atoms. The van der Waals surface area contributed by atoms with E-state index in [-0.39, 0.29) is 23.2 Å². The first-order chi connectivity index (χ1) is 16.6. The molecule has 4 aromatic rings. The molecule has 3 heterocycles.